The fourth-order valence-electron chi connectivity index (χ4n) is 1.31. The molecule has 94 valence electrons. The van der Waals surface area contributed by atoms with Gasteiger partial charge in [0.2, 0.25) is 5.88 Å². The lowest BCUT2D eigenvalue weighted by atomic mass is 10.3. The summed E-state index contributed by atoms with van der Waals surface area (Å²) in [7, 11) is 1.57. The van der Waals surface area contributed by atoms with Crippen molar-refractivity contribution in [2.75, 3.05) is 7.11 Å². The molecule has 0 aliphatic heterocycles. The van der Waals surface area contributed by atoms with Crippen molar-refractivity contribution in [2.45, 2.75) is 6.54 Å². The van der Waals surface area contributed by atoms with Crippen LogP contribution < -0.4 is 15.2 Å². The molecule has 0 unspecified atom stereocenters. The van der Waals surface area contributed by atoms with Gasteiger partial charge in [-0.1, -0.05) is 11.6 Å². The number of aromatic nitrogens is 2. The van der Waals surface area contributed by atoms with E-state index in [0.29, 0.717) is 34.6 Å². The van der Waals surface area contributed by atoms with Gasteiger partial charge in [-0.2, -0.15) is 5.10 Å². The number of methoxy groups -OCH3 is 1. The largest absolute Gasteiger partial charge is 0.497 e. The summed E-state index contributed by atoms with van der Waals surface area (Å²) in [5.41, 5.74) is 6.13. The van der Waals surface area contributed by atoms with Gasteiger partial charge in [0, 0.05) is 18.7 Å². The van der Waals surface area contributed by atoms with Gasteiger partial charge in [0.25, 0.3) is 0 Å². The summed E-state index contributed by atoms with van der Waals surface area (Å²) in [6.07, 6.45) is 0. The van der Waals surface area contributed by atoms with E-state index in [9.17, 15) is 0 Å². The van der Waals surface area contributed by atoms with Crippen LogP contribution in [0, 0.1) is 0 Å². The van der Waals surface area contributed by atoms with Gasteiger partial charge in [0.1, 0.15) is 11.5 Å². The highest BCUT2D eigenvalue weighted by Gasteiger charge is 2.06. The molecule has 18 heavy (non-hydrogen) atoms. The molecule has 1 aromatic heterocycles. The van der Waals surface area contributed by atoms with E-state index >= 15 is 0 Å². The summed E-state index contributed by atoms with van der Waals surface area (Å²) < 4.78 is 10.6. The number of benzene rings is 1. The second-order valence-corrected chi connectivity index (χ2v) is 3.87. The first-order chi connectivity index (χ1) is 8.72. The van der Waals surface area contributed by atoms with Gasteiger partial charge in [0.05, 0.1) is 17.8 Å². The molecule has 0 aliphatic carbocycles. The van der Waals surface area contributed by atoms with E-state index in [-0.39, 0.29) is 0 Å². The zero-order valence-electron chi connectivity index (χ0n) is 9.76. The zero-order chi connectivity index (χ0) is 13.0. The van der Waals surface area contributed by atoms with E-state index in [2.05, 4.69) is 10.2 Å². The average molecular weight is 266 g/mol. The number of ether oxygens (including phenoxy) is 2. The Morgan fingerprint density at radius 1 is 1.22 bits per heavy atom. The van der Waals surface area contributed by atoms with E-state index in [1.807, 2.05) is 0 Å². The monoisotopic (exact) mass is 265 g/mol. The van der Waals surface area contributed by atoms with Crippen LogP contribution in [0.15, 0.2) is 30.3 Å². The summed E-state index contributed by atoms with van der Waals surface area (Å²) in [4.78, 5) is 0. The minimum atomic E-state index is 0.344. The van der Waals surface area contributed by atoms with E-state index in [1.165, 1.54) is 0 Å². The summed E-state index contributed by atoms with van der Waals surface area (Å²) in [6.45, 7) is 0.344. The molecule has 0 atom stereocenters. The van der Waals surface area contributed by atoms with E-state index in [1.54, 1.807) is 37.4 Å². The Morgan fingerprint density at radius 3 is 2.61 bits per heavy atom. The molecule has 0 aliphatic rings. The smallest absolute Gasteiger partial charge is 0.238 e. The topological polar surface area (TPSA) is 70.3 Å². The zero-order valence-corrected chi connectivity index (χ0v) is 10.5. The standard InChI is InChI=1S/C12H12ClN3O2/c1-17-9-3-4-11(10(13)6-9)18-12-5-2-8(7-14)15-16-12/h2-6H,7,14H2,1H3. The lowest BCUT2D eigenvalue weighted by molar-refractivity contribution is 0.412. The first kappa shape index (κ1) is 12.6. The van der Waals surface area contributed by atoms with Crippen LogP contribution >= 0.6 is 11.6 Å². The third-order valence-corrected chi connectivity index (χ3v) is 2.55. The molecular weight excluding hydrogens is 254 g/mol. The number of nitrogens with two attached hydrogens (primary N) is 1. The van der Waals surface area contributed by atoms with Crippen LogP contribution in [0.25, 0.3) is 0 Å². The molecule has 0 radical (unpaired) electrons. The van der Waals surface area contributed by atoms with Crippen molar-refractivity contribution in [1.82, 2.24) is 10.2 Å². The fourth-order valence-corrected chi connectivity index (χ4v) is 1.52. The average Bonchev–Trinajstić information content (AvgIpc) is 2.42. The van der Waals surface area contributed by atoms with E-state index < -0.39 is 0 Å². The minimum Gasteiger partial charge on any atom is -0.497 e. The Bertz CT molecular complexity index is 531. The van der Waals surface area contributed by atoms with Crippen LogP contribution in [0.3, 0.4) is 0 Å². The Labute approximate surface area is 109 Å². The fraction of sp³-hybridized carbons (Fsp3) is 0.167. The normalized spacial score (nSPS) is 10.2. The van der Waals surface area contributed by atoms with Crippen molar-refractivity contribution in [1.29, 1.82) is 0 Å². The lowest BCUT2D eigenvalue weighted by Crippen LogP contribution is -2.01. The Balaban J connectivity index is 2.17. The lowest BCUT2D eigenvalue weighted by Gasteiger charge is -2.07. The Morgan fingerprint density at radius 2 is 2.06 bits per heavy atom. The van der Waals surface area contributed by atoms with Crippen molar-refractivity contribution < 1.29 is 9.47 Å². The molecule has 6 heteroatoms. The molecular formula is C12H12ClN3O2. The third kappa shape index (κ3) is 2.88. The first-order valence-electron chi connectivity index (χ1n) is 5.27. The number of hydrogen-bond donors (Lipinski definition) is 1. The molecule has 0 saturated heterocycles. The van der Waals surface area contributed by atoms with Crippen LogP contribution in [0.4, 0.5) is 0 Å². The molecule has 2 rings (SSSR count). The number of rotatable bonds is 4. The van der Waals surface area contributed by atoms with Gasteiger partial charge in [-0.25, -0.2) is 0 Å². The van der Waals surface area contributed by atoms with Gasteiger partial charge in [-0.05, 0) is 18.2 Å². The maximum absolute atomic E-state index is 6.04. The van der Waals surface area contributed by atoms with Crippen molar-refractivity contribution in [3.63, 3.8) is 0 Å². The van der Waals surface area contributed by atoms with Crippen LogP contribution in [-0.4, -0.2) is 17.3 Å². The molecule has 1 heterocycles. The predicted molar refractivity (Wildman–Crippen MR) is 68.0 cm³/mol. The molecule has 2 N–H and O–H groups in total. The first-order valence-corrected chi connectivity index (χ1v) is 5.65. The van der Waals surface area contributed by atoms with E-state index in [0.717, 1.165) is 0 Å². The van der Waals surface area contributed by atoms with Gasteiger partial charge in [-0.15, -0.1) is 5.10 Å². The molecule has 5 nitrogen and oxygen atoms in total. The maximum Gasteiger partial charge on any atom is 0.238 e. The van der Waals surface area contributed by atoms with Crippen molar-refractivity contribution in [3.8, 4) is 17.4 Å². The van der Waals surface area contributed by atoms with Crippen molar-refractivity contribution in [2.24, 2.45) is 5.73 Å². The summed E-state index contributed by atoms with van der Waals surface area (Å²) in [5.74, 6) is 1.52. The van der Waals surface area contributed by atoms with Crippen LogP contribution in [-0.2, 0) is 6.54 Å². The molecule has 0 saturated carbocycles. The Kier molecular flexibility index (Phi) is 3.96. The van der Waals surface area contributed by atoms with Crippen molar-refractivity contribution >= 4 is 11.6 Å². The Hall–Kier alpha value is -1.85. The van der Waals surface area contributed by atoms with Gasteiger partial charge >= 0.3 is 0 Å². The van der Waals surface area contributed by atoms with Crippen LogP contribution in [0.2, 0.25) is 5.02 Å². The molecule has 1 aromatic carbocycles. The predicted octanol–water partition coefficient (Wildman–Crippen LogP) is 2.39. The SMILES string of the molecule is COc1ccc(Oc2ccc(CN)nn2)c(Cl)c1. The molecule has 0 spiro atoms. The van der Waals surface area contributed by atoms with Gasteiger partial charge in [0.15, 0.2) is 0 Å². The summed E-state index contributed by atoms with van der Waals surface area (Å²) >= 11 is 6.04. The quantitative estimate of drug-likeness (QED) is 0.919. The highest BCUT2D eigenvalue weighted by atomic mass is 35.5. The number of halogens is 1. The number of nitrogens with zero attached hydrogens (tertiary/aromatic N) is 2. The second kappa shape index (κ2) is 5.66. The van der Waals surface area contributed by atoms with Gasteiger partial charge < -0.3 is 15.2 Å². The highest BCUT2D eigenvalue weighted by molar-refractivity contribution is 6.32. The molecule has 0 fully saturated rings. The van der Waals surface area contributed by atoms with Gasteiger partial charge in [-0.3, -0.25) is 0 Å². The van der Waals surface area contributed by atoms with Crippen molar-refractivity contribution in [3.05, 3.63) is 41.0 Å². The van der Waals surface area contributed by atoms with E-state index in [4.69, 9.17) is 26.8 Å². The summed E-state index contributed by atoms with van der Waals surface area (Å²) in [5, 5.41) is 8.22. The highest BCUT2D eigenvalue weighted by Crippen LogP contribution is 2.31. The minimum absolute atomic E-state index is 0.344. The molecule has 0 amide bonds. The summed E-state index contributed by atoms with van der Waals surface area (Å²) in [6, 6.07) is 8.57. The van der Waals surface area contributed by atoms with Crippen LogP contribution in [0.1, 0.15) is 5.69 Å². The number of hydrogen-bond acceptors (Lipinski definition) is 5. The third-order valence-electron chi connectivity index (χ3n) is 2.26. The second-order valence-electron chi connectivity index (χ2n) is 3.47. The van der Waals surface area contributed by atoms with Crippen LogP contribution in [0.5, 0.6) is 17.4 Å². The maximum atomic E-state index is 6.04. The molecule has 0 bridgehead atoms. The molecule has 2 aromatic rings.